The standard InChI is InChI=1S/C36H40N6/c1-3-9-27(10-4-1)25-41-19-15-31(16-20-41)37-35-36(40-34-24-30-14-8-7-13-29(30)23-33(34)39-35)38-32-17-21-42(22-18-32)26-28-11-5-2-6-12-28/h1-14,23-24,31-32H,15-22,25-26H2,(H,37,39)(H,38,40). The van der Waals surface area contributed by atoms with Crippen molar-refractivity contribution in [2.24, 2.45) is 0 Å². The van der Waals surface area contributed by atoms with Crippen molar-refractivity contribution in [1.82, 2.24) is 19.8 Å². The van der Waals surface area contributed by atoms with Crippen LogP contribution in [0.25, 0.3) is 21.8 Å². The number of fused-ring (bicyclic) bond motifs is 2. The fraction of sp³-hybridized carbons (Fsp3) is 0.333. The molecule has 2 aliphatic heterocycles. The molecule has 2 aliphatic rings. The quantitative estimate of drug-likeness (QED) is 0.202. The van der Waals surface area contributed by atoms with Crippen LogP contribution in [0.5, 0.6) is 0 Å². The fourth-order valence-electron chi connectivity index (χ4n) is 6.48. The number of anilines is 2. The lowest BCUT2D eigenvalue weighted by Crippen LogP contribution is -2.40. The van der Waals surface area contributed by atoms with Crippen LogP contribution in [0.3, 0.4) is 0 Å². The van der Waals surface area contributed by atoms with Gasteiger partial charge in [0.15, 0.2) is 11.6 Å². The molecule has 7 rings (SSSR count). The first-order valence-electron chi connectivity index (χ1n) is 15.5. The maximum Gasteiger partial charge on any atom is 0.170 e. The highest BCUT2D eigenvalue weighted by molar-refractivity contribution is 5.96. The maximum atomic E-state index is 5.18. The molecule has 0 atom stereocenters. The minimum atomic E-state index is 0.387. The van der Waals surface area contributed by atoms with Gasteiger partial charge in [0.05, 0.1) is 11.0 Å². The van der Waals surface area contributed by atoms with Crippen molar-refractivity contribution in [3.05, 3.63) is 108 Å². The van der Waals surface area contributed by atoms with Gasteiger partial charge < -0.3 is 10.6 Å². The average Bonchev–Trinajstić information content (AvgIpc) is 3.03. The van der Waals surface area contributed by atoms with Gasteiger partial charge in [-0.15, -0.1) is 0 Å². The molecule has 4 aromatic carbocycles. The summed E-state index contributed by atoms with van der Waals surface area (Å²) in [5, 5.41) is 10.1. The smallest absolute Gasteiger partial charge is 0.170 e. The third-order valence-electron chi connectivity index (χ3n) is 8.89. The number of nitrogens with zero attached hydrogens (tertiary/aromatic N) is 4. The van der Waals surface area contributed by atoms with Crippen LogP contribution in [0.2, 0.25) is 0 Å². The van der Waals surface area contributed by atoms with Crippen molar-refractivity contribution in [3.63, 3.8) is 0 Å². The largest absolute Gasteiger partial charge is 0.364 e. The Morgan fingerprint density at radius 3 is 1.31 bits per heavy atom. The van der Waals surface area contributed by atoms with Crippen molar-refractivity contribution in [3.8, 4) is 0 Å². The molecule has 0 amide bonds. The van der Waals surface area contributed by atoms with Gasteiger partial charge in [0, 0.05) is 51.4 Å². The Hall–Kier alpha value is -4.00. The van der Waals surface area contributed by atoms with Crippen molar-refractivity contribution in [2.45, 2.75) is 50.9 Å². The lowest BCUT2D eigenvalue weighted by Gasteiger charge is -2.34. The average molecular weight is 557 g/mol. The van der Waals surface area contributed by atoms with Crippen LogP contribution >= 0.6 is 0 Å². The van der Waals surface area contributed by atoms with Gasteiger partial charge in [0.25, 0.3) is 0 Å². The van der Waals surface area contributed by atoms with Crippen LogP contribution < -0.4 is 10.6 Å². The van der Waals surface area contributed by atoms with Gasteiger partial charge in [0.2, 0.25) is 0 Å². The molecule has 0 unspecified atom stereocenters. The van der Waals surface area contributed by atoms with Crippen molar-refractivity contribution < 1.29 is 0 Å². The summed E-state index contributed by atoms with van der Waals surface area (Å²) >= 11 is 0. The number of piperidine rings is 2. The van der Waals surface area contributed by atoms with Gasteiger partial charge >= 0.3 is 0 Å². The Morgan fingerprint density at radius 1 is 0.524 bits per heavy atom. The monoisotopic (exact) mass is 556 g/mol. The zero-order valence-corrected chi connectivity index (χ0v) is 24.3. The zero-order chi connectivity index (χ0) is 28.1. The Labute approximate surface area is 248 Å². The molecule has 0 saturated carbocycles. The molecule has 1 aromatic heterocycles. The summed E-state index contributed by atoms with van der Waals surface area (Å²) in [6.07, 6.45) is 4.40. The molecule has 3 heterocycles. The topological polar surface area (TPSA) is 56.3 Å². The van der Waals surface area contributed by atoms with Gasteiger partial charge in [-0.2, -0.15) is 0 Å². The zero-order valence-electron chi connectivity index (χ0n) is 24.3. The number of likely N-dealkylation sites (tertiary alicyclic amines) is 2. The van der Waals surface area contributed by atoms with E-state index in [0.29, 0.717) is 12.1 Å². The van der Waals surface area contributed by atoms with E-state index in [1.54, 1.807) is 0 Å². The first kappa shape index (κ1) is 26.9. The Morgan fingerprint density at radius 2 is 0.905 bits per heavy atom. The Bertz CT molecular complexity index is 1490. The minimum Gasteiger partial charge on any atom is -0.364 e. The number of aromatic nitrogens is 2. The number of hydrogen-bond acceptors (Lipinski definition) is 6. The number of hydrogen-bond donors (Lipinski definition) is 2. The number of rotatable bonds is 8. The first-order chi connectivity index (χ1) is 20.7. The second-order valence-corrected chi connectivity index (χ2v) is 12.0. The third-order valence-corrected chi connectivity index (χ3v) is 8.89. The van der Waals surface area contributed by atoms with Gasteiger partial charge in [0.1, 0.15) is 0 Å². The molecule has 6 nitrogen and oxygen atoms in total. The predicted molar refractivity (Wildman–Crippen MR) is 174 cm³/mol. The summed E-state index contributed by atoms with van der Waals surface area (Å²) in [6, 6.07) is 35.2. The van der Waals surface area contributed by atoms with Gasteiger partial charge in [-0.25, -0.2) is 9.97 Å². The summed E-state index contributed by atoms with van der Waals surface area (Å²) in [4.78, 5) is 15.5. The van der Waals surface area contributed by atoms with Crippen LogP contribution in [-0.2, 0) is 13.1 Å². The van der Waals surface area contributed by atoms with Crippen LogP contribution in [0, 0.1) is 0 Å². The molecule has 0 aliphatic carbocycles. The van der Waals surface area contributed by atoms with Crippen molar-refractivity contribution in [2.75, 3.05) is 36.8 Å². The van der Waals surface area contributed by atoms with E-state index in [1.807, 2.05) is 0 Å². The second kappa shape index (κ2) is 12.5. The molecule has 0 radical (unpaired) electrons. The van der Waals surface area contributed by atoms with E-state index in [9.17, 15) is 0 Å². The molecule has 6 heteroatoms. The maximum absolute atomic E-state index is 5.18. The molecular formula is C36H40N6. The molecule has 5 aromatic rings. The highest BCUT2D eigenvalue weighted by Crippen LogP contribution is 2.29. The Kier molecular flexibility index (Phi) is 7.98. The molecule has 2 fully saturated rings. The highest BCUT2D eigenvalue weighted by Gasteiger charge is 2.24. The molecule has 2 N–H and O–H groups in total. The van der Waals surface area contributed by atoms with Crippen molar-refractivity contribution in [1.29, 1.82) is 0 Å². The summed E-state index contributed by atoms with van der Waals surface area (Å²) in [6.45, 7) is 6.38. The highest BCUT2D eigenvalue weighted by atomic mass is 15.2. The predicted octanol–water partition coefficient (Wildman–Crippen LogP) is 6.94. The molecule has 42 heavy (non-hydrogen) atoms. The van der Waals surface area contributed by atoms with Gasteiger partial charge in [-0.1, -0.05) is 84.9 Å². The number of nitrogens with one attached hydrogen (secondary N) is 2. The lowest BCUT2D eigenvalue weighted by molar-refractivity contribution is 0.210. The molecule has 214 valence electrons. The van der Waals surface area contributed by atoms with E-state index in [0.717, 1.165) is 87.6 Å². The third kappa shape index (κ3) is 6.40. The van der Waals surface area contributed by atoms with Crippen LogP contribution in [0.1, 0.15) is 36.8 Å². The minimum absolute atomic E-state index is 0.387. The van der Waals surface area contributed by atoms with Crippen LogP contribution in [0.15, 0.2) is 97.1 Å². The fourth-order valence-corrected chi connectivity index (χ4v) is 6.48. The summed E-state index contributed by atoms with van der Waals surface area (Å²) in [5.74, 6) is 1.79. The molecule has 2 saturated heterocycles. The second-order valence-electron chi connectivity index (χ2n) is 12.0. The van der Waals surface area contributed by atoms with E-state index < -0.39 is 0 Å². The van der Waals surface area contributed by atoms with Crippen molar-refractivity contribution >= 4 is 33.4 Å². The Balaban J connectivity index is 1.06. The lowest BCUT2D eigenvalue weighted by atomic mass is 10.0. The normalized spacial score (nSPS) is 17.5. The summed E-state index contributed by atoms with van der Waals surface area (Å²) in [5.41, 5.74) is 4.66. The van der Waals surface area contributed by atoms with Gasteiger partial charge in [-0.3, -0.25) is 9.80 Å². The van der Waals surface area contributed by atoms with Gasteiger partial charge in [-0.05, 0) is 59.7 Å². The molecule has 0 spiro atoms. The molecular weight excluding hydrogens is 516 g/mol. The summed E-state index contributed by atoms with van der Waals surface area (Å²) in [7, 11) is 0. The van der Waals surface area contributed by atoms with Crippen LogP contribution in [-0.4, -0.2) is 58.0 Å². The number of benzene rings is 4. The van der Waals surface area contributed by atoms with E-state index >= 15 is 0 Å². The molecule has 0 bridgehead atoms. The van der Waals surface area contributed by atoms with Crippen LogP contribution in [0.4, 0.5) is 11.6 Å². The van der Waals surface area contributed by atoms with E-state index in [-0.39, 0.29) is 0 Å². The van der Waals surface area contributed by atoms with E-state index in [4.69, 9.17) is 9.97 Å². The van der Waals surface area contributed by atoms with E-state index in [1.165, 1.54) is 21.9 Å². The van der Waals surface area contributed by atoms with E-state index in [2.05, 4.69) is 117 Å². The first-order valence-corrected chi connectivity index (χ1v) is 15.5. The SMILES string of the molecule is c1ccc(CN2CCC(Nc3nc4cc5ccccc5cc4nc3NC3CCN(Cc4ccccc4)CC3)CC2)cc1. The summed E-state index contributed by atoms with van der Waals surface area (Å²) < 4.78 is 0.